The van der Waals surface area contributed by atoms with Gasteiger partial charge in [-0.1, -0.05) is 133 Å². The Labute approximate surface area is 351 Å². The lowest BCUT2D eigenvalue weighted by molar-refractivity contribution is 0.477. The number of rotatable bonds is 6. The van der Waals surface area contributed by atoms with Crippen molar-refractivity contribution in [1.29, 1.82) is 0 Å². The summed E-state index contributed by atoms with van der Waals surface area (Å²) in [7, 11) is 0. The van der Waals surface area contributed by atoms with E-state index < -0.39 is 0 Å². The molecule has 0 bridgehead atoms. The first-order valence-electron chi connectivity index (χ1n) is 20.3. The smallest absolute Gasteiger partial charge is 0.164 e. The summed E-state index contributed by atoms with van der Waals surface area (Å²) < 4.78 is 9.34. The molecule has 7 nitrogen and oxygen atoms in total. The molecule has 0 saturated heterocycles. The minimum atomic E-state index is 0.555. The molecule has 0 aliphatic carbocycles. The average Bonchev–Trinajstić information content (AvgIpc) is 3.67. The van der Waals surface area contributed by atoms with E-state index in [1.54, 1.807) is 0 Å². The lowest BCUT2D eigenvalue weighted by Gasteiger charge is -2.33. The van der Waals surface area contributed by atoms with Crippen molar-refractivity contribution < 1.29 is 4.74 Å². The van der Waals surface area contributed by atoms with E-state index in [0.29, 0.717) is 23.2 Å². The van der Waals surface area contributed by atoms with E-state index in [1.807, 2.05) is 72.9 Å². The van der Waals surface area contributed by atoms with Crippen LogP contribution >= 0.6 is 0 Å². The van der Waals surface area contributed by atoms with Crippen molar-refractivity contribution >= 4 is 49.6 Å². The van der Waals surface area contributed by atoms with Crippen molar-refractivity contribution in [3.05, 3.63) is 206 Å². The van der Waals surface area contributed by atoms with Crippen LogP contribution in [0.4, 0.5) is 17.1 Å². The Balaban J connectivity index is 1.04. The van der Waals surface area contributed by atoms with Gasteiger partial charge in [0.25, 0.3) is 0 Å². The van der Waals surface area contributed by atoms with Crippen molar-refractivity contribution in [2.75, 3.05) is 4.90 Å². The number of hydrogen-bond acceptors (Lipinski definition) is 6. The molecule has 0 fully saturated rings. The number of para-hydroxylation sites is 2. The van der Waals surface area contributed by atoms with Gasteiger partial charge in [0.2, 0.25) is 0 Å². The summed E-state index contributed by atoms with van der Waals surface area (Å²) >= 11 is 0. The van der Waals surface area contributed by atoms with Gasteiger partial charge in [0, 0.05) is 56.4 Å². The summed E-state index contributed by atoms with van der Waals surface area (Å²) in [6, 6.07) is 69.0. The Kier molecular flexibility index (Phi) is 8.03. The Hall–Kier alpha value is -8.42. The van der Waals surface area contributed by atoms with Crippen LogP contribution in [0, 0.1) is 0 Å². The molecule has 0 radical (unpaired) electrons. The highest BCUT2D eigenvalue weighted by Crippen LogP contribution is 2.52. The van der Waals surface area contributed by atoms with E-state index in [4.69, 9.17) is 24.7 Å². The van der Waals surface area contributed by atoms with Gasteiger partial charge in [-0.15, -0.1) is 0 Å². The van der Waals surface area contributed by atoms with Gasteiger partial charge in [-0.05, 0) is 66.0 Å². The van der Waals surface area contributed by atoms with Crippen LogP contribution in [0.25, 0.3) is 83.7 Å². The third kappa shape index (κ3) is 5.90. The van der Waals surface area contributed by atoms with Crippen molar-refractivity contribution in [3.8, 4) is 62.6 Å². The molecule has 0 amide bonds. The fourth-order valence-electron chi connectivity index (χ4n) is 8.63. The molecule has 11 aromatic rings. The Morgan fingerprint density at radius 1 is 0.377 bits per heavy atom. The third-order valence-electron chi connectivity index (χ3n) is 11.5. The van der Waals surface area contributed by atoms with Gasteiger partial charge >= 0.3 is 0 Å². The molecule has 8 aromatic carbocycles. The summed E-state index contributed by atoms with van der Waals surface area (Å²) in [6.45, 7) is 0. The van der Waals surface area contributed by atoms with E-state index in [2.05, 4.69) is 143 Å². The lowest BCUT2D eigenvalue weighted by Crippen LogP contribution is -2.16. The second kappa shape index (κ2) is 14.1. The molecule has 286 valence electrons. The zero-order valence-electron chi connectivity index (χ0n) is 32.7. The van der Waals surface area contributed by atoms with Crippen LogP contribution in [-0.4, -0.2) is 24.5 Å². The Morgan fingerprint density at radius 2 is 0.934 bits per heavy atom. The van der Waals surface area contributed by atoms with E-state index in [1.165, 1.54) is 10.8 Å². The second-order valence-electron chi connectivity index (χ2n) is 15.1. The molecule has 61 heavy (non-hydrogen) atoms. The van der Waals surface area contributed by atoms with Crippen LogP contribution in [0.5, 0.6) is 11.5 Å². The number of ether oxygens (including phenoxy) is 1. The Bertz CT molecular complexity index is 3360. The zero-order valence-corrected chi connectivity index (χ0v) is 32.7. The van der Waals surface area contributed by atoms with E-state index in [9.17, 15) is 0 Å². The van der Waals surface area contributed by atoms with Crippen molar-refractivity contribution in [2.24, 2.45) is 0 Å². The number of benzene rings is 8. The predicted molar refractivity (Wildman–Crippen MR) is 246 cm³/mol. The van der Waals surface area contributed by atoms with Gasteiger partial charge in [0.15, 0.2) is 29.0 Å². The monoisotopic (exact) mass is 782 g/mol. The molecule has 1 aliphatic rings. The normalized spacial score (nSPS) is 12.0. The van der Waals surface area contributed by atoms with Crippen molar-refractivity contribution in [2.45, 2.75) is 0 Å². The molecular weight excluding hydrogens is 749 g/mol. The SMILES string of the molecule is c1ccc(-c2nc(-c3ccccc3)nc(-c3ccc4c(c3)Oc3cc(-n5c6ccccc6c6ccccc65)ccc3N4c3cccc(-c4nccc5ccccc45)c3)n2)cc1. The summed E-state index contributed by atoms with van der Waals surface area (Å²) in [6.07, 6.45) is 1.88. The maximum atomic E-state index is 7.02. The number of hydrogen-bond donors (Lipinski definition) is 0. The zero-order chi connectivity index (χ0) is 40.3. The fourth-order valence-corrected chi connectivity index (χ4v) is 8.63. The van der Waals surface area contributed by atoms with Gasteiger partial charge in [0.1, 0.15) is 0 Å². The molecule has 1 aliphatic heterocycles. The van der Waals surface area contributed by atoms with Crippen LogP contribution in [0.3, 0.4) is 0 Å². The maximum absolute atomic E-state index is 7.02. The molecular formula is C54H34N6O. The van der Waals surface area contributed by atoms with Gasteiger partial charge in [0.05, 0.1) is 33.8 Å². The number of fused-ring (bicyclic) bond motifs is 6. The predicted octanol–water partition coefficient (Wildman–Crippen LogP) is 13.8. The molecule has 0 unspecified atom stereocenters. The van der Waals surface area contributed by atoms with Crippen molar-refractivity contribution in [3.63, 3.8) is 0 Å². The van der Waals surface area contributed by atoms with E-state index >= 15 is 0 Å². The average molecular weight is 783 g/mol. The molecule has 0 N–H and O–H groups in total. The summed E-state index contributed by atoms with van der Waals surface area (Å²) in [4.78, 5) is 22.2. The lowest BCUT2D eigenvalue weighted by atomic mass is 10.0. The molecule has 12 rings (SSSR count). The number of aromatic nitrogens is 5. The summed E-state index contributed by atoms with van der Waals surface area (Å²) in [5.41, 5.74) is 10.7. The minimum Gasteiger partial charge on any atom is -0.453 e. The second-order valence-corrected chi connectivity index (χ2v) is 15.1. The summed E-state index contributed by atoms with van der Waals surface area (Å²) in [5, 5.41) is 4.66. The fraction of sp³-hybridized carbons (Fsp3) is 0. The van der Waals surface area contributed by atoms with Crippen LogP contribution in [-0.2, 0) is 0 Å². The third-order valence-corrected chi connectivity index (χ3v) is 11.5. The highest BCUT2D eigenvalue weighted by molar-refractivity contribution is 6.09. The number of nitrogens with zero attached hydrogens (tertiary/aromatic N) is 6. The highest BCUT2D eigenvalue weighted by atomic mass is 16.5. The van der Waals surface area contributed by atoms with E-state index in [-0.39, 0.29) is 0 Å². The highest BCUT2D eigenvalue weighted by Gasteiger charge is 2.28. The van der Waals surface area contributed by atoms with Crippen LogP contribution in [0.15, 0.2) is 206 Å². The van der Waals surface area contributed by atoms with Gasteiger partial charge in [-0.3, -0.25) is 4.98 Å². The number of anilines is 3. The van der Waals surface area contributed by atoms with Crippen LogP contribution in [0.2, 0.25) is 0 Å². The molecule has 3 aromatic heterocycles. The first-order chi connectivity index (χ1) is 30.2. The van der Waals surface area contributed by atoms with E-state index in [0.717, 1.165) is 78.3 Å². The van der Waals surface area contributed by atoms with Gasteiger partial charge in [-0.25, -0.2) is 15.0 Å². The van der Waals surface area contributed by atoms with Crippen LogP contribution < -0.4 is 9.64 Å². The Morgan fingerprint density at radius 3 is 1.62 bits per heavy atom. The van der Waals surface area contributed by atoms with Gasteiger partial charge in [-0.2, -0.15) is 0 Å². The molecule has 0 saturated carbocycles. The number of pyridine rings is 1. The van der Waals surface area contributed by atoms with Gasteiger partial charge < -0.3 is 14.2 Å². The largest absolute Gasteiger partial charge is 0.453 e. The standard InChI is InChI=1S/C54H34N6O/c1-3-15-36(16-4-1)52-56-53(37-17-5-2-6-18-37)58-54(57-52)39-26-28-47-49(33-39)61-50-34-41(59-45-24-11-9-22-43(45)44-23-10-12-25-46(44)59)27-29-48(50)60(47)40-20-13-19-38(32-40)51-42-21-8-7-14-35(42)30-31-55-51/h1-34H. The van der Waals surface area contributed by atoms with Crippen molar-refractivity contribution in [1.82, 2.24) is 24.5 Å². The maximum Gasteiger partial charge on any atom is 0.164 e. The minimum absolute atomic E-state index is 0.555. The summed E-state index contributed by atoms with van der Waals surface area (Å²) in [5.74, 6) is 3.17. The quantitative estimate of drug-likeness (QED) is 0.167. The van der Waals surface area contributed by atoms with Crippen LogP contribution in [0.1, 0.15) is 0 Å². The molecule has 4 heterocycles. The molecule has 0 spiro atoms. The molecule has 0 atom stereocenters. The molecule has 7 heteroatoms. The first-order valence-corrected chi connectivity index (χ1v) is 20.3. The topological polar surface area (TPSA) is 69.0 Å². The first kappa shape index (κ1) is 34.6.